The average molecular weight is 421 g/mol. The quantitative estimate of drug-likeness (QED) is 0.732. The van der Waals surface area contributed by atoms with Crippen molar-refractivity contribution in [3.8, 4) is 0 Å². The van der Waals surface area contributed by atoms with Crippen molar-refractivity contribution in [2.45, 2.75) is 20.3 Å². The van der Waals surface area contributed by atoms with Gasteiger partial charge >= 0.3 is 0 Å². The molecule has 0 saturated heterocycles. The molecule has 25 heavy (non-hydrogen) atoms. The second-order valence-corrected chi connectivity index (χ2v) is 10.0. The first-order chi connectivity index (χ1) is 11.7. The molecule has 1 amide bonds. The third-order valence-corrected chi connectivity index (χ3v) is 6.78. The Morgan fingerprint density at radius 3 is 2.72 bits per heavy atom. The number of anilines is 1. The van der Waals surface area contributed by atoms with Crippen molar-refractivity contribution in [3.05, 3.63) is 44.9 Å². The van der Waals surface area contributed by atoms with Crippen molar-refractivity contribution < 1.29 is 13.2 Å². The van der Waals surface area contributed by atoms with Crippen molar-refractivity contribution in [2.75, 3.05) is 16.8 Å². The highest BCUT2D eigenvalue weighted by Crippen LogP contribution is 2.29. The van der Waals surface area contributed by atoms with Crippen LogP contribution in [0, 0.1) is 5.92 Å². The summed E-state index contributed by atoms with van der Waals surface area (Å²) >= 11 is 13.4. The summed E-state index contributed by atoms with van der Waals surface area (Å²) in [4.78, 5) is 16.9. The van der Waals surface area contributed by atoms with E-state index in [4.69, 9.17) is 23.2 Å². The van der Waals surface area contributed by atoms with Gasteiger partial charge in [-0.05, 0) is 17.5 Å². The standard InChI is InChI=1S/C16H18Cl2N2O3S2/c1-10(2)8-25(22,23)9-14(21)20-16-19-7-12(24-16)6-11-4-3-5-13(17)15(11)18/h3-5,7,10H,6,8-9H2,1-2H3,(H,19,20,21). The molecule has 5 nitrogen and oxygen atoms in total. The number of aromatic nitrogens is 1. The number of carbonyl (C=O) groups is 1. The number of carbonyl (C=O) groups excluding carboxylic acids is 1. The van der Waals surface area contributed by atoms with E-state index in [2.05, 4.69) is 10.3 Å². The van der Waals surface area contributed by atoms with Gasteiger partial charge in [-0.15, -0.1) is 11.3 Å². The minimum absolute atomic E-state index is 0.0171. The first kappa shape index (κ1) is 20.2. The summed E-state index contributed by atoms with van der Waals surface area (Å²) in [5.74, 6) is -1.16. The van der Waals surface area contributed by atoms with Gasteiger partial charge < -0.3 is 5.32 Å². The van der Waals surface area contributed by atoms with Gasteiger partial charge in [0.05, 0.1) is 15.8 Å². The molecule has 1 aromatic carbocycles. The number of halogens is 2. The molecule has 1 heterocycles. The third kappa shape index (κ3) is 6.26. The van der Waals surface area contributed by atoms with Gasteiger partial charge in [-0.3, -0.25) is 4.79 Å². The van der Waals surface area contributed by atoms with Crippen molar-refractivity contribution in [1.82, 2.24) is 4.98 Å². The van der Waals surface area contributed by atoms with E-state index in [1.165, 1.54) is 11.3 Å². The van der Waals surface area contributed by atoms with Gasteiger partial charge in [0, 0.05) is 17.5 Å². The van der Waals surface area contributed by atoms with Crippen LogP contribution in [0.15, 0.2) is 24.4 Å². The van der Waals surface area contributed by atoms with E-state index < -0.39 is 21.5 Å². The molecule has 2 aromatic rings. The average Bonchev–Trinajstić information content (AvgIpc) is 2.88. The van der Waals surface area contributed by atoms with Gasteiger partial charge in [-0.1, -0.05) is 49.2 Å². The SMILES string of the molecule is CC(C)CS(=O)(=O)CC(=O)Nc1ncc(Cc2cccc(Cl)c2Cl)s1. The van der Waals surface area contributed by atoms with Crippen LogP contribution in [-0.4, -0.2) is 30.8 Å². The zero-order chi connectivity index (χ0) is 18.6. The van der Waals surface area contributed by atoms with E-state index >= 15 is 0 Å². The second-order valence-electron chi connectivity index (χ2n) is 6.02. The molecule has 0 aliphatic carbocycles. The Labute approximate surface area is 161 Å². The fraction of sp³-hybridized carbons (Fsp3) is 0.375. The van der Waals surface area contributed by atoms with Crippen LogP contribution >= 0.6 is 34.5 Å². The topological polar surface area (TPSA) is 76.1 Å². The Balaban J connectivity index is 1.99. The number of nitrogens with zero attached hydrogens (tertiary/aromatic N) is 1. The van der Waals surface area contributed by atoms with E-state index in [1.807, 2.05) is 12.1 Å². The molecule has 9 heteroatoms. The minimum atomic E-state index is -3.42. The van der Waals surface area contributed by atoms with Crippen molar-refractivity contribution in [2.24, 2.45) is 5.92 Å². The Morgan fingerprint density at radius 1 is 1.32 bits per heavy atom. The summed E-state index contributed by atoms with van der Waals surface area (Å²) in [5.41, 5.74) is 0.857. The minimum Gasteiger partial charge on any atom is -0.301 e. The molecular weight excluding hydrogens is 403 g/mol. The predicted molar refractivity (Wildman–Crippen MR) is 104 cm³/mol. The molecule has 2 rings (SSSR count). The molecule has 0 radical (unpaired) electrons. The Bertz CT molecular complexity index is 864. The highest BCUT2D eigenvalue weighted by Gasteiger charge is 2.19. The molecular formula is C16H18Cl2N2O3S2. The molecule has 0 spiro atoms. The Morgan fingerprint density at radius 2 is 2.04 bits per heavy atom. The van der Waals surface area contributed by atoms with E-state index in [0.717, 1.165) is 10.4 Å². The number of nitrogens with one attached hydrogen (secondary N) is 1. The van der Waals surface area contributed by atoms with Gasteiger partial charge in [-0.25, -0.2) is 13.4 Å². The molecule has 0 bridgehead atoms. The maximum Gasteiger partial charge on any atom is 0.241 e. The number of sulfone groups is 1. The Hall–Kier alpha value is -1.15. The number of hydrogen-bond donors (Lipinski definition) is 1. The van der Waals surface area contributed by atoms with Gasteiger partial charge in [0.25, 0.3) is 0 Å². The fourth-order valence-corrected chi connectivity index (χ4v) is 5.09. The summed E-state index contributed by atoms with van der Waals surface area (Å²) in [6.07, 6.45) is 2.15. The van der Waals surface area contributed by atoms with E-state index in [9.17, 15) is 13.2 Å². The van der Waals surface area contributed by atoms with Crippen LogP contribution in [0.1, 0.15) is 24.3 Å². The maximum atomic E-state index is 11.9. The summed E-state index contributed by atoms with van der Waals surface area (Å²) in [7, 11) is -3.42. The van der Waals surface area contributed by atoms with Crippen molar-refractivity contribution >= 4 is 55.4 Å². The fourth-order valence-electron chi connectivity index (χ4n) is 2.24. The Kier molecular flexibility index (Phi) is 6.85. The van der Waals surface area contributed by atoms with Gasteiger partial charge in [0.15, 0.2) is 15.0 Å². The lowest BCUT2D eigenvalue weighted by Crippen LogP contribution is -2.26. The van der Waals surface area contributed by atoms with E-state index in [1.54, 1.807) is 26.1 Å². The zero-order valence-electron chi connectivity index (χ0n) is 13.8. The van der Waals surface area contributed by atoms with Crippen LogP contribution < -0.4 is 5.32 Å². The zero-order valence-corrected chi connectivity index (χ0v) is 16.9. The molecule has 136 valence electrons. The van der Waals surface area contributed by atoms with Gasteiger partial charge in [-0.2, -0.15) is 0 Å². The van der Waals surface area contributed by atoms with E-state index in [-0.39, 0.29) is 11.7 Å². The second kappa shape index (κ2) is 8.49. The number of thiazole rings is 1. The number of benzene rings is 1. The summed E-state index contributed by atoms with van der Waals surface area (Å²) in [5, 5.41) is 3.86. The molecule has 0 unspecified atom stereocenters. The third-order valence-electron chi connectivity index (χ3n) is 3.13. The van der Waals surface area contributed by atoms with Crippen LogP contribution in [0.2, 0.25) is 10.0 Å². The van der Waals surface area contributed by atoms with Crippen LogP contribution in [0.25, 0.3) is 0 Å². The first-order valence-electron chi connectivity index (χ1n) is 7.54. The number of hydrogen-bond acceptors (Lipinski definition) is 5. The highest BCUT2D eigenvalue weighted by atomic mass is 35.5. The monoisotopic (exact) mass is 420 g/mol. The molecule has 1 N–H and O–H groups in total. The smallest absolute Gasteiger partial charge is 0.241 e. The summed E-state index contributed by atoms with van der Waals surface area (Å²) in [6, 6.07) is 5.39. The van der Waals surface area contributed by atoms with Crippen molar-refractivity contribution in [1.29, 1.82) is 0 Å². The van der Waals surface area contributed by atoms with E-state index in [0.29, 0.717) is 21.6 Å². The summed E-state index contributed by atoms with van der Waals surface area (Å²) < 4.78 is 23.7. The highest BCUT2D eigenvalue weighted by molar-refractivity contribution is 7.92. The normalized spacial score (nSPS) is 11.7. The van der Waals surface area contributed by atoms with Gasteiger partial charge in [0.1, 0.15) is 5.75 Å². The molecule has 0 aliphatic heterocycles. The summed E-state index contributed by atoms with van der Waals surface area (Å²) in [6.45, 7) is 3.59. The van der Waals surface area contributed by atoms with Crippen LogP contribution in [-0.2, 0) is 21.1 Å². The maximum absolute atomic E-state index is 11.9. The molecule has 0 saturated carbocycles. The molecule has 0 fully saturated rings. The van der Waals surface area contributed by atoms with Gasteiger partial charge in [0.2, 0.25) is 5.91 Å². The molecule has 0 aliphatic rings. The lowest BCUT2D eigenvalue weighted by molar-refractivity contribution is -0.113. The largest absolute Gasteiger partial charge is 0.301 e. The lowest BCUT2D eigenvalue weighted by Gasteiger charge is -2.06. The van der Waals surface area contributed by atoms with Crippen LogP contribution in [0.4, 0.5) is 5.13 Å². The number of amides is 1. The number of rotatable bonds is 7. The lowest BCUT2D eigenvalue weighted by atomic mass is 10.1. The predicted octanol–water partition coefficient (Wildman–Crippen LogP) is 4.05. The first-order valence-corrected chi connectivity index (χ1v) is 10.9. The molecule has 1 aromatic heterocycles. The molecule has 0 atom stereocenters. The van der Waals surface area contributed by atoms with Crippen molar-refractivity contribution in [3.63, 3.8) is 0 Å². The van der Waals surface area contributed by atoms with Crippen LogP contribution in [0.5, 0.6) is 0 Å². The van der Waals surface area contributed by atoms with Crippen LogP contribution in [0.3, 0.4) is 0 Å².